The Kier molecular flexibility index (Phi) is 3.34. The molecule has 1 fully saturated rings. The number of fused-ring (bicyclic) bond motifs is 1. The lowest BCUT2D eigenvalue weighted by atomic mass is 10.1. The van der Waals surface area contributed by atoms with Gasteiger partial charge in [-0.3, -0.25) is 0 Å². The Hall–Kier alpha value is -2.04. The van der Waals surface area contributed by atoms with Gasteiger partial charge in [0.2, 0.25) is 0 Å². The first-order valence-corrected chi connectivity index (χ1v) is 6.85. The predicted octanol–water partition coefficient (Wildman–Crippen LogP) is 2.49. The van der Waals surface area contributed by atoms with Crippen LogP contribution in [0.15, 0.2) is 18.3 Å². The number of hydrogen-bond acceptors (Lipinski definition) is 5. The quantitative estimate of drug-likeness (QED) is 0.860. The third-order valence-corrected chi connectivity index (χ3v) is 3.89. The largest absolute Gasteiger partial charge is 0.493 e. The zero-order chi connectivity index (χ0) is 14.1. The van der Waals surface area contributed by atoms with Gasteiger partial charge in [-0.2, -0.15) is 10.2 Å². The molecule has 20 heavy (non-hydrogen) atoms. The summed E-state index contributed by atoms with van der Waals surface area (Å²) < 4.78 is 10.7. The summed E-state index contributed by atoms with van der Waals surface area (Å²) in [5.41, 5.74) is 1.96. The minimum Gasteiger partial charge on any atom is -0.493 e. The van der Waals surface area contributed by atoms with Crippen LogP contribution in [0, 0.1) is 5.92 Å². The van der Waals surface area contributed by atoms with E-state index in [1.54, 1.807) is 14.2 Å². The van der Waals surface area contributed by atoms with Gasteiger partial charge in [0, 0.05) is 24.5 Å². The molecule has 1 aromatic heterocycles. The van der Waals surface area contributed by atoms with E-state index in [-0.39, 0.29) is 0 Å². The van der Waals surface area contributed by atoms with Crippen LogP contribution in [0.1, 0.15) is 13.3 Å². The monoisotopic (exact) mass is 273 g/mol. The molecule has 0 saturated carbocycles. The maximum atomic E-state index is 5.39. The SMILES string of the molecule is COc1cc2nncc(N3CCC(C)C3)c2cc1OC. The van der Waals surface area contributed by atoms with Gasteiger partial charge in [-0.05, 0) is 18.4 Å². The molecule has 1 aliphatic rings. The van der Waals surface area contributed by atoms with E-state index in [9.17, 15) is 0 Å². The second kappa shape index (κ2) is 5.15. The summed E-state index contributed by atoms with van der Waals surface area (Å²) in [6, 6.07) is 3.87. The van der Waals surface area contributed by atoms with Crippen molar-refractivity contribution in [2.75, 3.05) is 32.2 Å². The topological polar surface area (TPSA) is 47.5 Å². The average molecular weight is 273 g/mol. The maximum Gasteiger partial charge on any atom is 0.162 e. The molecule has 1 aliphatic heterocycles. The highest BCUT2D eigenvalue weighted by Gasteiger charge is 2.21. The molecule has 1 saturated heterocycles. The van der Waals surface area contributed by atoms with Gasteiger partial charge in [0.25, 0.3) is 0 Å². The standard InChI is InChI=1S/C15H19N3O2/c1-10-4-5-18(9-10)13-8-16-17-12-7-15(20-3)14(19-2)6-11(12)13/h6-8,10H,4-5,9H2,1-3H3. The molecule has 0 amide bonds. The van der Waals surface area contributed by atoms with Crippen LogP contribution in [-0.4, -0.2) is 37.5 Å². The fraction of sp³-hybridized carbons (Fsp3) is 0.467. The molecule has 0 N–H and O–H groups in total. The molecule has 1 unspecified atom stereocenters. The number of rotatable bonds is 3. The molecule has 106 valence electrons. The zero-order valence-electron chi connectivity index (χ0n) is 12.1. The van der Waals surface area contributed by atoms with Crippen molar-refractivity contribution >= 4 is 16.6 Å². The smallest absolute Gasteiger partial charge is 0.162 e. The Labute approximate surface area is 118 Å². The van der Waals surface area contributed by atoms with E-state index in [0.29, 0.717) is 5.75 Å². The van der Waals surface area contributed by atoms with Crippen molar-refractivity contribution in [3.05, 3.63) is 18.3 Å². The molecule has 1 aromatic carbocycles. The number of nitrogens with zero attached hydrogens (tertiary/aromatic N) is 3. The minimum absolute atomic E-state index is 0.682. The van der Waals surface area contributed by atoms with Gasteiger partial charge in [0.15, 0.2) is 11.5 Å². The molecule has 0 aliphatic carbocycles. The number of methoxy groups -OCH3 is 2. The summed E-state index contributed by atoms with van der Waals surface area (Å²) in [6.45, 7) is 4.41. The zero-order valence-corrected chi connectivity index (χ0v) is 12.1. The van der Waals surface area contributed by atoms with Crippen molar-refractivity contribution in [2.45, 2.75) is 13.3 Å². The summed E-state index contributed by atoms with van der Waals surface area (Å²) in [5.74, 6) is 2.13. The van der Waals surface area contributed by atoms with Gasteiger partial charge >= 0.3 is 0 Å². The van der Waals surface area contributed by atoms with Crippen molar-refractivity contribution in [3.63, 3.8) is 0 Å². The normalized spacial score (nSPS) is 18.6. The first-order valence-electron chi connectivity index (χ1n) is 6.85. The van der Waals surface area contributed by atoms with Crippen molar-refractivity contribution in [1.29, 1.82) is 0 Å². The Morgan fingerprint density at radius 3 is 2.60 bits per heavy atom. The van der Waals surface area contributed by atoms with Crippen LogP contribution in [0.3, 0.4) is 0 Å². The predicted molar refractivity (Wildman–Crippen MR) is 78.6 cm³/mol. The van der Waals surface area contributed by atoms with E-state index >= 15 is 0 Å². The van der Waals surface area contributed by atoms with E-state index in [0.717, 1.165) is 41.3 Å². The number of aromatic nitrogens is 2. The first kappa shape index (κ1) is 13.0. The molecule has 2 aromatic rings. The van der Waals surface area contributed by atoms with Gasteiger partial charge in [0.05, 0.1) is 31.6 Å². The third-order valence-electron chi connectivity index (χ3n) is 3.89. The molecule has 0 spiro atoms. The van der Waals surface area contributed by atoms with Crippen LogP contribution in [0.5, 0.6) is 11.5 Å². The Morgan fingerprint density at radius 1 is 1.20 bits per heavy atom. The Balaban J connectivity index is 2.13. The van der Waals surface area contributed by atoms with E-state index < -0.39 is 0 Å². The molecule has 3 rings (SSSR count). The third kappa shape index (κ3) is 2.13. The molecule has 1 atom stereocenters. The summed E-state index contributed by atoms with van der Waals surface area (Å²) in [7, 11) is 3.28. The molecular formula is C15H19N3O2. The Morgan fingerprint density at radius 2 is 1.95 bits per heavy atom. The van der Waals surface area contributed by atoms with Crippen molar-refractivity contribution in [2.24, 2.45) is 5.92 Å². The second-order valence-corrected chi connectivity index (χ2v) is 5.29. The fourth-order valence-electron chi connectivity index (χ4n) is 2.78. The minimum atomic E-state index is 0.682. The van der Waals surface area contributed by atoms with Crippen LogP contribution in [0.4, 0.5) is 5.69 Å². The highest BCUT2D eigenvalue weighted by Crippen LogP contribution is 2.36. The molecule has 2 heterocycles. The summed E-state index contributed by atoms with van der Waals surface area (Å²) in [5, 5.41) is 9.39. The molecular weight excluding hydrogens is 254 g/mol. The highest BCUT2D eigenvalue weighted by atomic mass is 16.5. The van der Waals surface area contributed by atoms with Crippen LogP contribution in [0.2, 0.25) is 0 Å². The van der Waals surface area contributed by atoms with E-state index in [2.05, 4.69) is 22.0 Å². The molecule has 0 bridgehead atoms. The van der Waals surface area contributed by atoms with E-state index in [4.69, 9.17) is 9.47 Å². The number of anilines is 1. The number of ether oxygens (including phenoxy) is 2. The lowest BCUT2D eigenvalue weighted by Gasteiger charge is -2.20. The Bertz CT molecular complexity index is 630. The van der Waals surface area contributed by atoms with Crippen LogP contribution in [0.25, 0.3) is 10.9 Å². The maximum absolute atomic E-state index is 5.39. The lowest BCUT2D eigenvalue weighted by Crippen LogP contribution is -2.19. The second-order valence-electron chi connectivity index (χ2n) is 5.29. The van der Waals surface area contributed by atoms with Gasteiger partial charge in [-0.15, -0.1) is 0 Å². The van der Waals surface area contributed by atoms with Crippen molar-refractivity contribution in [3.8, 4) is 11.5 Å². The van der Waals surface area contributed by atoms with Crippen molar-refractivity contribution < 1.29 is 9.47 Å². The van der Waals surface area contributed by atoms with Crippen LogP contribution in [-0.2, 0) is 0 Å². The van der Waals surface area contributed by atoms with E-state index in [1.165, 1.54) is 6.42 Å². The first-order chi connectivity index (χ1) is 9.72. The fourth-order valence-corrected chi connectivity index (χ4v) is 2.78. The van der Waals surface area contributed by atoms with Crippen LogP contribution < -0.4 is 14.4 Å². The molecule has 5 heteroatoms. The summed E-state index contributed by atoms with van der Waals surface area (Å²) in [4.78, 5) is 2.37. The number of hydrogen-bond donors (Lipinski definition) is 0. The lowest BCUT2D eigenvalue weighted by molar-refractivity contribution is 0.355. The highest BCUT2D eigenvalue weighted by molar-refractivity contribution is 5.93. The van der Waals surface area contributed by atoms with Gasteiger partial charge in [-0.25, -0.2) is 0 Å². The molecule has 0 radical (unpaired) electrons. The van der Waals surface area contributed by atoms with Gasteiger partial charge in [-0.1, -0.05) is 6.92 Å². The number of benzene rings is 1. The van der Waals surface area contributed by atoms with Gasteiger partial charge in [0.1, 0.15) is 0 Å². The van der Waals surface area contributed by atoms with E-state index in [1.807, 2.05) is 18.3 Å². The summed E-state index contributed by atoms with van der Waals surface area (Å²) >= 11 is 0. The average Bonchev–Trinajstić information content (AvgIpc) is 2.91. The van der Waals surface area contributed by atoms with Crippen LogP contribution >= 0.6 is 0 Å². The van der Waals surface area contributed by atoms with Gasteiger partial charge < -0.3 is 14.4 Å². The summed E-state index contributed by atoms with van der Waals surface area (Å²) in [6.07, 6.45) is 3.06. The van der Waals surface area contributed by atoms with Crippen molar-refractivity contribution in [1.82, 2.24) is 10.2 Å². The molecule has 5 nitrogen and oxygen atoms in total.